The molecule has 2 bridgehead atoms. The number of oxazole rings is 1. The van der Waals surface area contributed by atoms with Crippen molar-refractivity contribution in [3.8, 4) is 0 Å². The molecule has 1 saturated carbocycles. The summed E-state index contributed by atoms with van der Waals surface area (Å²) in [7, 11) is 0. The fraction of sp³-hybridized carbons (Fsp3) is 0.632. The molecule has 0 spiro atoms. The zero-order chi connectivity index (χ0) is 16.3. The number of hydrogen-bond acceptors (Lipinski definition) is 5. The molecule has 5 heteroatoms. The summed E-state index contributed by atoms with van der Waals surface area (Å²) in [4.78, 5) is 7.22. The fourth-order valence-corrected chi connectivity index (χ4v) is 4.30. The van der Waals surface area contributed by atoms with Crippen molar-refractivity contribution in [2.45, 2.75) is 50.3 Å². The molecule has 24 heavy (non-hydrogen) atoms. The normalized spacial score (nSPS) is 32.2. The molecule has 3 aliphatic heterocycles. The van der Waals surface area contributed by atoms with E-state index >= 15 is 0 Å². The highest BCUT2D eigenvalue weighted by molar-refractivity contribution is 5.77. The summed E-state index contributed by atoms with van der Waals surface area (Å²) >= 11 is 0. The molecule has 4 fully saturated rings. The van der Waals surface area contributed by atoms with Crippen LogP contribution in [0.4, 0.5) is 0 Å². The Labute approximate surface area is 142 Å². The monoisotopic (exact) mass is 327 g/mol. The standard InChI is InChI=1S/C19H25N3O2/c1-19(7-8-19)18-21-16-13(3-2-4-15(16)24-18)17(23)20-14-11-22-9-5-12(14)6-10-22/h2-4,12,14,17,20,23H,5-11H2,1H3. The summed E-state index contributed by atoms with van der Waals surface area (Å²) in [6, 6.07) is 6.22. The summed E-state index contributed by atoms with van der Waals surface area (Å²) in [5.41, 5.74) is 2.53. The first kappa shape index (κ1) is 14.9. The molecule has 2 aromatic rings. The Morgan fingerprint density at radius 3 is 2.79 bits per heavy atom. The summed E-state index contributed by atoms with van der Waals surface area (Å²) in [5, 5.41) is 14.3. The van der Waals surface area contributed by atoms with Gasteiger partial charge in [-0.2, -0.15) is 0 Å². The molecular formula is C19H25N3O2. The second-order valence-corrected chi connectivity index (χ2v) is 8.09. The van der Waals surface area contributed by atoms with Crippen LogP contribution < -0.4 is 5.32 Å². The molecule has 1 aromatic heterocycles. The molecule has 2 N–H and O–H groups in total. The molecule has 128 valence electrons. The third-order valence-electron chi connectivity index (χ3n) is 6.29. The van der Waals surface area contributed by atoms with Gasteiger partial charge in [-0.25, -0.2) is 4.98 Å². The van der Waals surface area contributed by atoms with Gasteiger partial charge in [0.05, 0.1) is 0 Å². The lowest BCUT2D eigenvalue weighted by Gasteiger charge is -2.45. The quantitative estimate of drug-likeness (QED) is 0.845. The molecule has 5 nitrogen and oxygen atoms in total. The number of aliphatic hydroxyl groups excluding tert-OH is 1. The minimum atomic E-state index is -0.691. The van der Waals surface area contributed by atoms with Gasteiger partial charge in [0.2, 0.25) is 5.89 Å². The van der Waals surface area contributed by atoms with Crippen LogP contribution in [0.15, 0.2) is 22.6 Å². The molecule has 3 saturated heterocycles. The van der Waals surface area contributed by atoms with Crippen LogP contribution in [0, 0.1) is 5.92 Å². The van der Waals surface area contributed by atoms with Gasteiger partial charge in [0.1, 0.15) is 11.7 Å². The summed E-state index contributed by atoms with van der Waals surface area (Å²) in [5.74, 6) is 1.50. The van der Waals surface area contributed by atoms with Crippen LogP contribution in [0.3, 0.4) is 0 Å². The van der Waals surface area contributed by atoms with Gasteiger partial charge in [0.15, 0.2) is 5.58 Å². The number of hydrogen-bond donors (Lipinski definition) is 2. The lowest BCUT2D eigenvalue weighted by Crippen LogP contribution is -2.56. The zero-order valence-corrected chi connectivity index (χ0v) is 14.2. The van der Waals surface area contributed by atoms with Gasteiger partial charge < -0.3 is 14.4 Å². The molecule has 2 unspecified atom stereocenters. The smallest absolute Gasteiger partial charge is 0.201 e. The second kappa shape index (κ2) is 5.28. The molecule has 0 radical (unpaired) electrons. The lowest BCUT2D eigenvalue weighted by atomic mass is 9.84. The number of rotatable bonds is 4. The van der Waals surface area contributed by atoms with Gasteiger partial charge in [-0.05, 0) is 50.8 Å². The maximum atomic E-state index is 10.8. The van der Waals surface area contributed by atoms with E-state index in [9.17, 15) is 5.11 Å². The van der Waals surface area contributed by atoms with E-state index in [1.165, 1.54) is 25.9 Å². The Kier molecular flexibility index (Phi) is 3.27. The van der Waals surface area contributed by atoms with Gasteiger partial charge in [-0.1, -0.05) is 19.1 Å². The Morgan fingerprint density at radius 2 is 2.12 bits per heavy atom. The lowest BCUT2D eigenvalue weighted by molar-refractivity contribution is 0.0313. The van der Waals surface area contributed by atoms with E-state index in [-0.39, 0.29) is 5.41 Å². The van der Waals surface area contributed by atoms with Crippen LogP contribution in [-0.2, 0) is 5.41 Å². The van der Waals surface area contributed by atoms with Crippen LogP contribution in [-0.4, -0.2) is 40.7 Å². The Balaban J connectivity index is 1.42. The van der Waals surface area contributed by atoms with Gasteiger partial charge in [-0.15, -0.1) is 0 Å². The summed E-state index contributed by atoms with van der Waals surface area (Å²) in [6.45, 7) is 5.65. The first-order valence-corrected chi connectivity index (χ1v) is 9.19. The third kappa shape index (κ3) is 2.38. The van der Waals surface area contributed by atoms with E-state index in [1.54, 1.807) is 0 Å². The molecule has 2 atom stereocenters. The van der Waals surface area contributed by atoms with Crippen LogP contribution in [0.2, 0.25) is 0 Å². The SMILES string of the molecule is CC1(c2nc3c(C(O)NC4CN5CCC4CC5)cccc3o2)CC1. The van der Waals surface area contributed by atoms with E-state index in [0.29, 0.717) is 12.0 Å². The van der Waals surface area contributed by atoms with E-state index in [1.807, 2.05) is 18.2 Å². The highest BCUT2D eigenvalue weighted by Gasteiger charge is 2.44. The number of nitrogens with one attached hydrogen (secondary N) is 1. The minimum absolute atomic E-state index is 0.102. The fourth-order valence-electron chi connectivity index (χ4n) is 4.30. The Bertz CT molecular complexity index is 759. The van der Waals surface area contributed by atoms with Crippen molar-refractivity contribution in [2.75, 3.05) is 19.6 Å². The average Bonchev–Trinajstić information content (AvgIpc) is 3.20. The molecule has 4 aliphatic rings. The molecule has 1 aliphatic carbocycles. The largest absolute Gasteiger partial charge is 0.440 e. The van der Waals surface area contributed by atoms with Crippen molar-refractivity contribution in [1.82, 2.24) is 15.2 Å². The highest BCUT2D eigenvalue weighted by atomic mass is 16.4. The second-order valence-electron chi connectivity index (χ2n) is 8.09. The topological polar surface area (TPSA) is 61.5 Å². The van der Waals surface area contributed by atoms with Gasteiger partial charge in [0, 0.05) is 23.6 Å². The van der Waals surface area contributed by atoms with Crippen molar-refractivity contribution < 1.29 is 9.52 Å². The van der Waals surface area contributed by atoms with E-state index in [0.717, 1.165) is 41.9 Å². The Hall–Kier alpha value is -1.43. The maximum absolute atomic E-state index is 10.8. The molecule has 0 amide bonds. The predicted octanol–water partition coefficient (Wildman–Crippen LogP) is 2.55. The van der Waals surface area contributed by atoms with Crippen LogP contribution >= 0.6 is 0 Å². The van der Waals surface area contributed by atoms with Crippen molar-refractivity contribution in [1.29, 1.82) is 0 Å². The van der Waals surface area contributed by atoms with Crippen LogP contribution in [0.1, 0.15) is 50.3 Å². The predicted molar refractivity (Wildman–Crippen MR) is 91.6 cm³/mol. The Morgan fingerprint density at radius 1 is 1.33 bits per heavy atom. The van der Waals surface area contributed by atoms with Crippen molar-refractivity contribution in [2.24, 2.45) is 5.92 Å². The van der Waals surface area contributed by atoms with Gasteiger partial charge >= 0.3 is 0 Å². The number of nitrogens with zero attached hydrogens (tertiary/aromatic N) is 2. The van der Waals surface area contributed by atoms with Crippen molar-refractivity contribution in [3.05, 3.63) is 29.7 Å². The number of para-hydroxylation sites is 1. The number of benzene rings is 1. The number of aliphatic hydroxyl groups is 1. The van der Waals surface area contributed by atoms with Crippen molar-refractivity contribution >= 4 is 11.1 Å². The first-order chi connectivity index (χ1) is 11.6. The number of aromatic nitrogens is 1. The van der Waals surface area contributed by atoms with Gasteiger partial charge in [-0.3, -0.25) is 5.32 Å². The van der Waals surface area contributed by atoms with Crippen LogP contribution in [0.25, 0.3) is 11.1 Å². The third-order valence-corrected chi connectivity index (χ3v) is 6.29. The average molecular weight is 327 g/mol. The molecule has 6 rings (SSSR count). The van der Waals surface area contributed by atoms with Crippen molar-refractivity contribution in [3.63, 3.8) is 0 Å². The molecule has 1 aromatic carbocycles. The number of piperidine rings is 3. The molecular weight excluding hydrogens is 302 g/mol. The van der Waals surface area contributed by atoms with Crippen LogP contribution in [0.5, 0.6) is 0 Å². The van der Waals surface area contributed by atoms with Gasteiger partial charge in [0.25, 0.3) is 0 Å². The number of fused-ring (bicyclic) bond motifs is 4. The van der Waals surface area contributed by atoms with E-state index < -0.39 is 6.23 Å². The summed E-state index contributed by atoms with van der Waals surface area (Å²) in [6.07, 6.45) is 4.05. The van der Waals surface area contributed by atoms with E-state index in [4.69, 9.17) is 9.40 Å². The first-order valence-electron chi connectivity index (χ1n) is 9.19. The minimum Gasteiger partial charge on any atom is -0.440 e. The zero-order valence-electron chi connectivity index (χ0n) is 14.2. The summed E-state index contributed by atoms with van der Waals surface area (Å²) < 4.78 is 5.97. The maximum Gasteiger partial charge on any atom is 0.201 e. The highest BCUT2D eigenvalue weighted by Crippen LogP contribution is 2.48. The van der Waals surface area contributed by atoms with E-state index in [2.05, 4.69) is 17.1 Å². The molecule has 4 heterocycles.